The van der Waals surface area contributed by atoms with E-state index in [1.54, 1.807) is 13.8 Å². The minimum atomic E-state index is -3.85. The van der Waals surface area contributed by atoms with E-state index in [2.05, 4.69) is 4.72 Å². The summed E-state index contributed by atoms with van der Waals surface area (Å²) in [4.78, 5) is -0.0542. The summed E-state index contributed by atoms with van der Waals surface area (Å²) in [7, 11) is -0.568. The molecule has 0 radical (unpaired) electrons. The standard InChI is InChI=1S/C12H18ClNO5S2/c1-9-7-11(21(13,17)18)8-10(2)12(9)14-20(15,16)6-4-5-19-3/h7-8,14H,4-6H2,1-3H3. The molecule has 0 aliphatic heterocycles. The Morgan fingerprint density at radius 3 is 2.10 bits per heavy atom. The number of aryl methyl sites for hydroxylation is 2. The van der Waals surface area contributed by atoms with Crippen LogP contribution >= 0.6 is 10.7 Å². The molecule has 0 saturated carbocycles. The minimum absolute atomic E-state index is 0.0542. The number of nitrogens with one attached hydrogen (secondary N) is 1. The molecule has 0 aliphatic carbocycles. The number of sulfonamides is 1. The van der Waals surface area contributed by atoms with Gasteiger partial charge in [0.15, 0.2) is 0 Å². The van der Waals surface area contributed by atoms with Crippen LogP contribution in [0.15, 0.2) is 17.0 Å². The summed E-state index contributed by atoms with van der Waals surface area (Å²) < 4.78 is 53.8. The average Bonchev–Trinajstić information content (AvgIpc) is 2.32. The number of methoxy groups -OCH3 is 1. The SMILES string of the molecule is COCCCS(=O)(=O)Nc1c(C)cc(S(=O)(=O)Cl)cc1C. The molecule has 0 aromatic heterocycles. The second-order valence-electron chi connectivity index (χ2n) is 4.64. The van der Waals surface area contributed by atoms with Crippen LogP contribution in [0.25, 0.3) is 0 Å². The van der Waals surface area contributed by atoms with Crippen molar-refractivity contribution in [3.8, 4) is 0 Å². The molecule has 0 heterocycles. The van der Waals surface area contributed by atoms with Crippen LogP contribution < -0.4 is 4.72 Å². The second-order valence-corrected chi connectivity index (χ2v) is 9.05. The Morgan fingerprint density at radius 2 is 1.67 bits per heavy atom. The van der Waals surface area contributed by atoms with E-state index >= 15 is 0 Å². The maximum Gasteiger partial charge on any atom is 0.261 e. The van der Waals surface area contributed by atoms with Gasteiger partial charge in [0, 0.05) is 24.4 Å². The van der Waals surface area contributed by atoms with Gasteiger partial charge >= 0.3 is 0 Å². The third-order valence-electron chi connectivity index (χ3n) is 2.81. The molecule has 120 valence electrons. The molecule has 0 unspecified atom stereocenters. The van der Waals surface area contributed by atoms with Crippen LogP contribution in [0.4, 0.5) is 5.69 Å². The summed E-state index contributed by atoms with van der Waals surface area (Å²) >= 11 is 0. The van der Waals surface area contributed by atoms with Gasteiger partial charge in [-0.3, -0.25) is 4.72 Å². The van der Waals surface area contributed by atoms with Crippen LogP contribution in [-0.4, -0.2) is 36.3 Å². The molecule has 1 rings (SSSR count). The summed E-state index contributed by atoms with van der Waals surface area (Å²) in [6.45, 7) is 3.58. The van der Waals surface area contributed by atoms with Crippen LogP contribution in [0.1, 0.15) is 17.5 Å². The highest BCUT2D eigenvalue weighted by atomic mass is 35.7. The Hall–Kier alpha value is -0.830. The first-order valence-corrected chi connectivity index (χ1v) is 10.1. The molecule has 1 aromatic rings. The van der Waals surface area contributed by atoms with Crippen molar-refractivity contribution < 1.29 is 21.6 Å². The molecule has 0 amide bonds. The van der Waals surface area contributed by atoms with E-state index in [1.165, 1.54) is 19.2 Å². The lowest BCUT2D eigenvalue weighted by molar-refractivity contribution is 0.199. The zero-order chi connectivity index (χ0) is 16.3. The number of hydrogen-bond acceptors (Lipinski definition) is 5. The first-order valence-electron chi connectivity index (χ1n) is 6.12. The Kier molecular flexibility index (Phi) is 6.03. The predicted molar refractivity (Wildman–Crippen MR) is 82.9 cm³/mol. The first kappa shape index (κ1) is 18.2. The van der Waals surface area contributed by atoms with E-state index in [-0.39, 0.29) is 10.6 Å². The van der Waals surface area contributed by atoms with Gasteiger partial charge in [-0.15, -0.1) is 0 Å². The highest BCUT2D eigenvalue weighted by Gasteiger charge is 2.17. The van der Waals surface area contributed by atoms with Gasteiger partial charge in [-0.25, -0.2) is 16.8 Å². The zero-order valence-electron chi connectivity index (χ0n) is 12.0. The summed E-state index contributed by atoms with van der Waals surface area (Å²) in [5.41, 5.74) is 1.35. The van der Waals surface area contributed by atoms with Crippen molar-refractivity contribution in [2.45, 2.75) is 25.2 Å². The van der Waals surface area contributed by atoms with Gasteiger partial charge in [-0.05, 0) is 43.5 Å². The lowest BCUT2D eigenvalue weighted by Crippen LogP contribution is -2.19. The fourth-order valence-corrected chi connectivity index (χ4v) is 3.96. The summed E-state index contributed by atoms with van der Waals surface area (Å²) in [6, 6.07) is 2.67. The van der Waals surface area contributed by atoms with Crippen LogP contribution in [0.5, 0.6) is 0 Å². The number of benzene rings is 1. The molecule has 0 atom stereocenters. The van der Waals surface area contributed by atoms with Gasteiger partial charge in [0.2, 0.25) is 10.0 Å². The van der Waals surface area contributed by atoms with E-state index in [0.717, 1.165) is 0 Å². The Morgan fingerprint density at radius 1 is 1.14 bits per heavy atom. The maximum atomic E-state index is 12.0. The number of halogens is 1. The third-order valence-corrected chi connectivity index (χ3v) is 5.48. The maximum absolute atomic E-state index is 12.0. The minimum Gasteiger partial charge on any atom is -0.385 e. The Balaban J connectivity index is 3.05. The van der Waals surface area contributed by atoms with Crippen LogP contribution in [0.3, 0.4) is 0 Å². The highest BCUT2D eigenvalue weighted by Crippen LogP contribution is 2.27. The van der Waals surface area contributed by atoms with E-state index in [9.17, 15) is 16.8 Å². The molecular weight excluding hydrogens is 338 g/mol. The topological polar surface area (TPSA) is 89.5 Å². The Labute approximate surface area is 129 Å². The van der Waals surface area contributed by atoms with Gasteiger partial charge < -0.3 is 4.74 Å². The zero-order valence-corrected chi connectivity index (χ0v) is 14.4. The monoisotopic (exact) mass is 355 g/mol. The van der Waals surface area contributed by atoms with E-state index in [1.807, 2.05) is 0 Å². The molecule has 6 nitrogen and oxygen atoms in total. The highest BCUT2D eigenvalue weighted by molar-refractivity contribution is 8.13. The van der Waals surface area contributed by atoms with Crippen LogP contribution in [0, 0.1) is 13.8 Å². The van der Waals surface area contributed by atoms with E-state index in [4.69, 9.17) is 15.4 Å². The smallest absolute Gasteiger partial charge is 0.261 e. The Bertz CT molecular complexity index is 690. The lowest BCUT2D eigenvalue weighted by Gasteiger charge is -2.14. The van der Waals surface area contributed by atoms with Crippen molar-refractivity contribution in [1.29, 1.82) is 0 Å². The molecule has 0 bridgehead atoms. The van der Waals surface area contributed by atoms with Gasteiger partial charge in [0.25, 0.3) is 9.05 Å². The molecule has 0 spiro atoms. The number of rotatable bonds is 7. The van der Waals surface area contributed by atoms with Gasteiger partial charge in [0.05, 0.1) is 16.3 Å². The third kappa shape index (κ3) is 5.46. The normalized spacial score (nSPS) is 12.4. The molecule has 1 aromatic carbocycles. The van der Waals surface area contributed by atoms with Crippen molar-refractivity contribution in [2.24, 2.45) is 0 Å². The van der Waals surface area contributed by atoms with E-state index < -0.39 is 19.1 Å². The van der Waals surface area contributed by atoms with Crippen LogP contribution in [0.2, 0.25) is 0 Å². The molecule has 1 N–H and O–H groups in total. The molecule has 0 saturated heterocycles. The number of hydrogen-bond donors (Lipinski definition) is 1. The van der Waals surface area contributed by atoms with E-state index in [0.29, 0.717) is 29.8 Å². The predicted octanol–water partition coefficient (Wildman–Crippen LogP) is 2.01. The summed E-state index contributed by atoms with van der Waals surface area (Å²) in [5.74, 6) is -0.0741. The van der Waals surface area contributed by atoms with Gasteiger partial charge in [0.1, 0.15) is 0 Å². The molecular formula is C12H18ClNO5S2. The van der Waals surface area contributed by atoms with Gasteiger partial charge in [-0.2, -0.15) is 0 Å². The molecule has 21 heavy (non-hydrogen) atoms. The fourth-order valence-electron chi connectivity index (χ4n) is 1.83. The van der Waals surface area contributed by atoms with Crippen LogP contribution in [-0.2, 0) is 23.8 Å². The molecule has 9 heteroatoms. The molecule has 0 aliphatic rings. The lowest BCUT2D eigenvalue weighted by atomic mass is 10.1. The first-order chi connectivity index (χ1) is 9.57. The second kappa shape index (κ2) is 6.95. The summed E-state index contributed by atoms with van der Waals surface area (Å²) in [6.07, 6.45) is 0.373. The number of anilines is 1. The van der Waals surface area contributed by atoms with Crippen molar-refractivity contribution in [1.82, 2.24) is 0 Å². The van der Waals surface area contributed by atoms with Crippen molar-refractivity contribution in [3.63, 3.8) is 0 Å². The largest absolute Gasteiger partial charge is 0.385 e. The van der Waals surface area contributed by atoms with Gasteiger partial charge in [-0.1, -0.05) is 0 Å². The van der Waals surface area contributed by atoms with Crippen molar-refractivity contribution in [2.75, 3.05) is 24.2 Å². The quantitative estimate of drug-likeness (QED) is 0.597. The summed E-state index contributed by atoms with van der Waals surface area (Å²) in [5, 5.41) is 0. The fraction of sp³-hybridized carbons (Fsp3) is 0.500. The average molecular weight is 356 g/mol. The van der Waals surface area contributed by atoms with Crippen molar-refractivity contribution >= 4 is 35.4 Å². The van der Waals surface area contributed by atoms with Crippen molar-refractivity contribution in [3.05, 3.63) is 23.3 Å². The number of ether oxygens (including phenoxy) is 1. The molecule has 0 fully saturated rings.